The van der Waals surface area contributed by atoms with Crippen molar-refractivity contribution >= 4 is 6.21 Å². The zero-order chi connectivity index (χ0) is 4.24. The van der Waals surface area contributed by atoms with E-state index in [2.05, 4.69) is 9.99 Å². The Morgan fingerprint density at radius 3 is 2.50 bits per heavy atom. The van der Waals surface area contributed by atoms with Crippen molar-refractivity contribution in [2.45, 2.75) is 0 Å². The van der Waals surface area contributed by atoms with Crippen LogP contribution in [0.2, 0.25) is 0 Å². The maximum absolute atomic E-state index is 4.43. The summed E-state index contributed by atoms with van der Waals surface area (Å²) in [6.45, 7) is 1.51. The van der Waals surface area contributed by atoms with Gasteiger partial charge < -0.3 is 4.84 Å². The molecule has 0 aromatic rings. The van der Waals surface area contributed by atoms with Gasteiger partial charge in [-0.1, -0.05) is 5.16 Å². The molecule has 2 nitrogen and oxygen atoms in total. The van der Waals surface area contributed by atoms with Crippen molar-refractivity contribution in [3.05, 3.63) is 18.8 Å². The minimum Gasteiger partial charge on any atom is -0.384 e. The normalized spacial score (nSPS) is 17.3. The number of rotatable bonds is 0. The first-order valence-corrected chi connectivity index (χ1v) is 1.68. The van der Waals surface area contributed by atoms with Crippen LogP contribution in [-0.2, 0) is 4.84 Å². The van der Waals surface area contributed by atoms with Crippen molar-refractivity contribution in [3.63, 3.8) is 0 Å². The summed E-state index contributed by atoms with van der Waals surface area (Å²) in [7, 11) is 0. The van der Waals surface area contributed by atoms with E-state index >= 15 is 0 Å². The molecule has 0 saturated carbocycles. The minimum atomic E-state index is 1.51. The Hall–Kier alpha value is -0.790. The van der Waals surface area contributed by atoms with Crippen molar-refractivity contribution in [3.8, 4) is 0 Å². The molecule has 1 heterocycles. The van der Waals surface area contributed by atoms with Crippen LogP contribution in [-0.4, -0.2) is 6.21 Å². The third kappa shape index (κ3) is 0.578. The fourth-order valence-corrected chi connectivity index (χ4v) is 0.236. The summed E-state index contributed by atoms with van der Waals surface area (Å²) in [5.41, 5.74) is 0. The second-order valence-electron chi connectivity index (χ2n) is 0.881. The smallest absolute Gasteiger partial charge is 0.189 e. The lowest BCUT2D eigenvalue weighted by Crippen LogP contribution is -1.79. The standard InChI is InChI=1S/C4H4NO/c1-2-4-6-5-3-1/h1-4H. The zero-order valence-corrected chi connectivity index (χ0v) is 3.16. The number of oxime groups is 1. The summed E-state index contributed by atoms with van der Waals surface area (Å²) >= 11 is 0. The highest BCUT2D eigenvalue weighted by atomic mass is 16.6. The SMILES string of the molecule is [CH]1C=CC=NO1. The van der Waals surface area contributed by atoms with E-state index in [1.54, 1.807) is 18.4 Å². The summed E-state index contributed by atoms with van der Waals surface area (Å²) in [5.74, 6) is 0. The number of hydrogen-bond acceptors (Lipinski definition) is 2. The van der Waals surface area contributed by atoms with Gasteiger partial charge in [-0.2, -0.15) is 0 Å². The van der Waals surface area contributed by atoms with Gasteiger partial charge in [-0.25, -0.2) is 0 Å². The second-order valence-corrected chi connectivity index (χ2v) is 0.881. The van der Waals surface area contributed by atoms with Crippen molar-refractivity contribution in [2.24, 2.45) is 5.16 Å². The molecule has 0 bridgehead atoms. The maximum atomic E-state index is 4.43. The van der Waals surface area contributed by atoms with Crippen molar-refractivity contribution in [2.75, 3.05) is 0 Å². The Kier molecular flexibility index (Phi) is 0.906. The van der Waals surface area contributed by atoms with E-state index in [4.69, 9.17) is 0 Å². The summed E-state index contributed by atoms with van der Waals surface area (Å²) < 4.78 is 0. The molecule has 0 unspecified atom stereocenters. The molecule has 0 aromatic carbocycles. The first kappa shape index (κ1) is 3.40. The highest BCUT2D eigenvalue weighted by molar-refractivity contribution is 5.71. The van der Waals surface area contributed by atoms with E-state index in [0.717, 1.165) is 0 Å². The number of hydrogen-bond donors (Lipinski definition) is 0. The average Bonchev–Trinajstić information content (AvgIpc) is 1.72. The molecule has 6 heavy (non-hydrogen) atoms. The molecule has 1 aliphatic heterocycles. The van der Waals surface area contributed by atoms with Crippen molar-refractivity contribution in [1.29, 1.82) is 0 Å². The summed E-state index contributed by atoms with van der Waals surface area (Å²) in [6.07, 6.45) is 5.15. The van der Waals surface area contributed by atoms with Crippen LogP contribution in [0.3, 0.4) is 0 Å². The summed E-state index contributed by atoms with van der Waals surface area (Å²) in [4.78, 5) is 4.43. The Labute approximate surface area is 36.1 Å². The quantitative estimate of drug-likeness (QED) is 0.422. The molecule has 0 aliphatic carbocycles. The van der Waals surface area contributed by atoms with Crippen LogP contribution in [0.15, 0.2) is 17.3 Å². The molecular weight excluding hydrogens is 78.0 g/mol. The van der Waals surface area contributed by atoms with E-state index in [1.165, 1.54) is 6.61 Å². The monoisotopic (exact) mass is 82.0 g/mol. The molecule has 1 radical (unpaired) electrons. The molecule has 1 rings (SSSR count). The minimum absolute atomic E-state index is 1.51. The fourth-order valence-electron chi connectivity index (χ4n) is 0.236. The topological polar surface area (TPSA) is 21.6 Å². The Balaban J connectivity index is 2.46. The van der Waals surface area contributed by atoms with Crippen LogP contribution < -0.4 is 0 Å². The van der Waals surface area contributed by atoms with E-state index in [-0.39, 0.29) is 0 Å². The van der Waals surface area contributed by atoms with Gasteiger partial charge in [0.05, 0.1) is 6.21 Å². The fraction of sp³-hybridized carbons (Fsp3) is 0. The molecule has 0 N–H and O–H groups in total. The van der Waals surface area contributed by atoms with Crippen LogP contribution in [0.5, 0.6) is 0 Å². The van der Waals surface area contributed by atoms with Gasteiger partial charge in [0.1, 0.15) is 0 Å². The van der Waals surface area contributed by atoms with Gasteiger partial charge in [-0.15, -0.1) is 0 Å². The van der Waals surface area contributed by atoms with Crippen molar-refractivity contribution in [1.82, 2.24) is 0 Å². The molecule has 0 atom stereocenters. The third-order valence-corrected chi connectivity index (χ3v) is 0.458. The second kappa shape index (κ2) is 1.60. The maximum Gasteiger partial charge on any atom is 0.189 e. The third-order valence-electron chi connectivity index (χ3n) is 0.458. The van der Waals surface area contributed by atoms with Crippen LogP contribution >= 0.6 is 0 Å². The van der Waals surface area contributed by atoms with Crippen LogP contribution in [0.1, 0.15) is 0 Å². The van der Waals surface area contributed by atoms with Gasteiger partial charge in [-0.05, 0) is 12.2 Å². The van der Waals surface area contributed by atoms with Gasteiger partial charge >= 0.3 is 0 Å². The highest BCUT2D eigenvalue weighted by Crippen LogP contribution is 1.88. The molecule has 0 fully saturated rings. The van der Waals surface area contributed by atoms with E-state index in [0.29, 0.717) is 0 Å². The molecular formula is C4H4NO. The van der Waals surface area contributed by atoms with E-state index in [1.807, 2.05) is 0 Å². The highest BCUT2D eigenvalue weighted by Gasteiger charge is 1.78. The first-order chi connectivity index (χ1) is 3.00. The van der Waals surface area contributed by atoms with Gasteiger partial charge in [0.15, 0.2) is 6.61 Å². The van der Waals surface area contributed by atoms with Crippen LogP contribution in [0.4, 0.5) is 0 Å². The Morgan fingerprint density at radius 1 is 1.33 bits per heavy atom. The van der Waals surface area contributed by atoms with Gasteiger partial charge in [0.25, 0.3) is 0 Å². The summed E-state index contributed by atoms with van der Waals surface area (Å²) in [5, 5.41) is 3.41. The molecule has 0 saturated heterocycles. The molecule has 0 aromatic heterocycles. The number of allylic oxidation sites excluding steroid dienone is 1. The van der Waals surface area contributed by atoms with Crippen molar-refractivity contribution < 1.29 is 4.84 Å². The summed E-state index contributed by atoms with van der Waals surface area (Å²) in [6, 6.07) is 0. The van der Waals surface area contributed by atoms with Gasteiger partial charge in [-0.3, -0.25) is 0 Å². The molecule has 0 amide bonds. The van der Waals surface area contributed by atoms with E-state index < -0.39 is 0 Å². The predicted octanol–water partition coefficient (Wildman–Crippen LogP) is 0.720. The lowest BCUT2D eigenvalue weighted by molar-refractivity contribution is 0.231. The molecule has 1 aliphatic rings. The Morgan fingerprint density at radius 2 is 2.33 bits per heavy atom. The average molecular weight is 82.1 g/mol. The zero-order valence-electron chi connectivity index (χ0n) is 3.16. The molecule has 0 spiro atoms. The van der Waals surface area contributed by atoms with Gasteiger partial charge in [0.2, 0.25) is 0 Å². The number of nitrogens with zero attached hydrogens (tertiary/aromatic N) is 1. The molecule has 2 heteroatoms. The van der Waals surface area contributed by atoms with Crippen LogP contribution in [0.25, 0.3) is 0 Å². The lowest BCUT2D eigenvalue weighted by atomic mass is 10.5. The predicted molar refractivity (Wildman–Crippen MR) is 23.0 cm³/mol. The van der Waals surface area contributed by atoms with Crippen LogP contribution in [0, 0.1) is 6.61 Å². The molecule has 31 valence electrons. The lowest BCUT2D eigenvalue weighted by Gasteiger charge is -1.91. The largest absolute Gasteiger partial charge is 0.384 e. The van der Waals surface area contributed by atoms with E-state index in [9.17, 15) is 0 Å². The first-order valence-electron chi connectivity index (χ1n) is 1.68. The van der Waals surface area contributed by atoms with Gasteiger partial charge in [0, 0.05) is 0 Å². The Bertz CT molecular complexity index is 73.5.